The minimum atomic E-state index is -1.05. The maximum atomic E-state index is 9.85. The molecule has 3 rings (SSSR count). The molecular formula is C10H10O5. The second-order valence-corrected chi connectivity index (χ2v) is 4.02. The van der Waals surface area contributed by atoms with E-state index in [1.807, 2.05) is 0 Å². The van der Waals surface area contributed by atoms with E-state index in [4.69, 9.17) is 14.6 Å². The Morgan fingerprint density at radius 2 is 2.13 bits per heavy atom. The molecule has 0 aromatic heterocycles. The molecule has 1 aliphatic carbocycles. The number of ether oxygens (including phenoxy) is 2. The molecule has 1 saturated heterocycles. The number of epoxide rings is 1. The van der Waals surface area contributed by atoms with Crippen LogP contribution < -0.4 is 0 Å². The third-order valence-electron chi connectivity index (χ3n) is 3.38. The molecule has 3 aliphatic rings. The zero-order chi connectivity index (χ0) is 10.6. The Morgan fingerprint density at radius 1 is 1.33 bits per heavy atom. The zero-order valence-corrected chi connectivity index (χ0v) is 7.70. The third kappa shape index (κ3) is 0.939. The van der Waals surface area contributed by atoms with Gasteiger partial charge in [0, 0.05) is 5.92 Å². The van der Waals surface area contributed by atoms with Crippen LogP contribution in [0.4, 0.5) is 0 Å². The summed E-state index contributed by atoms with van der Waals surface area (Å²) in [6.07, 6.45) is 2.66. The van der Waals surface area contributed by atoms with Crippen LogP contribution in [-0.4, -0.2) is 39.4 Å². The van der Waals surface area contributed by atoms with Crippen LogP contribution in [0.15, 0.2) is 12.3 Å². The lowest BCUT2D eigenvalue weighted by Gasteiger charge is -2.31. The average Bonchev–Trinajstić information content (AvgIpc) is 2.87. The summed E-state index contributed by atoms with van der Waals surface area (Å²) in [5.41, 5.74) is -0.941. The quantitative estimate of drug-likeness (QED) is 0.350. The summed E-state index contributed by atoms with van der Waals surface area (Å²) < 4.78 is 10.2. The molecule has 2 aliphatic heterocycles. The van der Waals surface area contributed by atoms with Crippen LogP contribution >= 0.6 is 0 Å². The molecule has 0 aromatic rings. The van der Waals surface area contributed by atoms with Crippen molar-refractivity contribution in [1.82, 2.24) is 0 Å². The summed E-state index contributed by atoms with van der Waals surface area (Å²) in [6.45, 7) is 0. The van der Waals surface area contributed by atoms with Gasteiger partial charge >= 0.3 is 0 Å². The average molecular weight is 210 g/mol. The molecule has 2 fully saturated rings. The second kappa shape index (κ2) is 2.67. The van der Waals surface area contributed by atoms with Crippen LogP contribution in [0, 0.1) is 23.9 Å². The van der Waals surface area contributed by atoms with Crippen molar-refractivity contribution in [2.24, 2.45) is 11.8 Å². The van der Waals surface area contributed by atoms with Crippen LogP contribution in [0.1, 0.15) is 0 Å². The van der Waals surface area contributed by atoms with Crippen molar-refractivity contribution in [1.29, 1.82) is 0 Å². The van der Waals surface area contributed by atoms with Crippen LogP contribution in [0.2, 0.25) is 0 Å². The van der Waals surface area contributed by atoms with E-state index < -0.39 is 30.0 Å². The van der Waals surface area contributed by atoms with E-state index in [9.17, 15) is 10.2 Å². The number of hydrogen-bond donors (Lipinski definition) is 3. The standard InChI is InChI=1S/C10H10O5/c11-3-2-10-6-5(1-4-14-9(6)13)7(12)8(10)15-10/h1,4-9,11-13H/t5-,6-,7+,8+,9?,10-/m1/s1. The van der Waals surface area contributed by atoms with Crippen LogP contribution in [0.5, 0.6) is 0 Å². The number of aliphatic hydroxyl groups is 3. The lowest BCUT2D eigenvalue weighted by Crippen LogP contribution is -2.40. The fourth-order valence-electron chi connectivity index (χ4n) is 2.68. The Balaban J connectivity index is 2.02. The van der Waals surface area contributed by atoms with Crippen molar-refractivity contribution in [3.05, 3.63) is 12.3 Å². The molecule has 5 heteroatoms. The number of rotatable bonds is 0. The van der Waals surface area contributed by atoms with Gasteiger partial charge in [-0.15, -0.1) is 0 Å². The molecule has 0 bridgehead atoms. The second-order valence-electron chi connectivity index (χ2n) is 4.02. The summed E-state index contributed by atoms with van der Waals surface area (Å²) in [6, 6.07) is 0. The third-order valence-corrected chi connectivity index (χ3v) is 3.38. The highest BCUT2D eigenvalue weighted by atomic mass is 16.6. The SMILES string of the molecule is OC#C[C@]12O[C@H]1[C@@H](O)[C@@H]1C=COC(O)[C@@H]12. The van der Waals surface area contributed by atoms with Gasteiger partial charge in [-0.25, -0.2) is 0 Å². The molecule has 80 valence electrons. The fourth-order valence-corrected chi connectivity index (χ4v) is 2.68. The molecule has 5 nitrogen and oxygen atoms in total. The van der Waals surface area contributed by atoms with Crippen LogP contribution in [0.25, 0.3) is 0 Å². The Morgan fingerprint density at radius 3 is 2.87 bits per heavy atom. The van der Waals surface area contributed by atoms with Gasteiger partial charge in [-0.3, -0.25) is 0 Å². The first kappa shape index (κ1) is 9.04. The van der Waals surface area contributed by atoms with E-state index in [2.05, 4.69) is 5.92 Å². The first-order chi connectivity index (χ1) is 7.20. The fraction of sp³-hybridized carbons (Fsp3) is 0.600. The minimum Gasteiger partial charge on any atom is -0.473 e. The van der Waals surface area contributed by atoms with E-state index >= 15 is 0 Å². The van der Waals surface area contributed by atoms with Crippen molar-refractivity contribution in [2.45, 2.75) is 24.1 Å². The van der Waals surface area contributed by atoms with Gasteiger partial charge in [0.1, 0.15) is 12.2 Å². The van der Waals surface area contributed by atoms with Gasteiger partial charge in [0.15, 0.2) is 5.60 Å². The predicted octanol–water partition coefficient (Wildman–Crippen LogP) is -1.07. The summed E-state index contributed by atoms with van der Waals surface area (Å²) in [4.78, 5) is 0. The van der Waals surface area contributed by atoms with Gasteiger partial charge in [0.2, 0.25) is 6.29 Å². The molecule has 3 N–H and O–H groups in total. The number of hydrogen-bond acceptors (Lipinski definition) is 5. The lowest BCUT2D eigenvalue weighted by atomic mass is 9.86. The van der Waals surface area contributed by atoms with E-state index in [0.29, 0.717) is 0 Å². The minimum absolute atomic E-state index is 0.228. The monoisotopic (exact) mass is 210 g/mol. The van der Waals surface area contributed by atoms with Gasteiger partial charge < -0.3 is 24.8 Å². The summed E-state index contributed by atoms with van der Waals surface area (Å²) >= 11 is 0. The molecule has 0 radical (unpaired) electrons. The molecule has 1 saturated carbocycles. The van der Waals surface area contributed by atoms with Crippen molar-refractivity contribution in [3.63, 3.8) is 0 Å². The Bertz CT molecular complexity index is 381. The van der Waals surface area contributed by atoms with Crippen molar-refractivity contribution in [3.8, 4) is 12.0 Å². The molecule has 1 unspecified atom stereocenters. The molecule has 15 heavy (non-hydrogen) atoms. The van der Waals surface area contributed by atoms with Crippen molar-refractivity contribution in [2.75, 3.05) is 0 Å². The normalized spacial score (nSPS) is 54.7. The zero-order valence-electron chi connectivity index (χ0n) is 7.70. The molecule has 2 heterocycles. The van der Waals surface area contributed by atoms with Crippen LogP contribution in [-0.2, 0) is 9.47 Å². The van der Waals surface area contributed by atoms with Gasteiger partial charge in [0.05, 0.1) is 18.3 Å². The highest BCUT2D eigenvalue weighted by Crippen LogP contribution is 2.58. The maximum Gasteiger partial charge on any atom is 0.203 e. The largest absolute Gasteiger partial charge is 0.473 e. The van der Waals surface area contributed by atoms with Crippen LogP contribution in [0.3, 0.4) is 0 Å². The summed E-state index contributed by atoms with van der Waals surface area (Å²) in [7, 11) is 0. The topological polar surface area (TPSA) is 82.5 Å². The van der Waals surface area contributed by atoms with Crippen molar-refractivity contribution < 1.29 is 24.8 Å². The van der Waals surface area contributed by atoms with Gasteiger partial charge in [0.25, 0.3) is 0 Å². The Labute approximate surface area is 85.9 Å². The highest BCUT2D eigenvalue weighted by molar-refractivity contribution is 5.35. The first-order valence-corrected chi connectivity index (χ1v) is 4.73. The van der Waals surface area contributed by atoms with Gasteiger partial charge in [-0.1, -0.05) is 0 Å². The predicted molar refractivity (Wildman–Crippen MR) is 46.5 cm³/mol. The van der Waals surface area contributed by atoms with E-state index in [-0.39, 0.29) is 5.92 Å². The summed E-state index contributed by atoms with van der Waals surface area (Å²) in [5.74, 6) is 1.83. The maximum absolute atomic E-state index is 9.85. The molecular weight excluding hydrogens is 200 g/mol. The molecule has 0 aromatic carbocycles. The highest BCUT2D eigenvalue weighted by Gasteiger charge is 2.75. The molecule has 0 amide bonds. The van der Waals surface area contributed by atoms with Crippen molar-refractivity contribution >= 4 is 0 Å². The molecule has 6 atom stereocenters. The number of aliphatic hydroxyl groups excluding tert-OH is 3. The van der Waals surface area contributed by atoms with Gasteiger partial charge in [-0.2, -0.15) is 0 Å². The Kier molecular flexibility index (Phi) is 1.61. The lowest BCUT2D eigenvalue weighted by molar-refractivity contribution is -0.138. The smallest absolute Gasteiger partial charge is 0.203 e. The van der Waals surface area contributed by atoms with E-state index in [1.165, 1.54) is 6.26 Å². The summed E-state index contributed by atoms with van der Waals surface area (Å²) in [5, 5.41) is 28.1. The first-order valence-electron chi connectivity index (χ1n) is 4.73. The molecule has 0 spiro atoms. The van der Waals surface area contributed by atoms with E-state index in [1.54, 1.807) is 12.2 Å². The van der Waals surface area contributed by atoms with Gasteiger partial charge in [-0.05, 0) is 12.0 Å². The Hall–Kier alpha value is -1.22. The number of fused-ring (bicyclic) bond motifs is 3. The van der Waals surface area contributed by atoms with E-state index in [0.717, 1.165) is 0 Å².